The zero-order valence-corrected chi connectivity index (χ0v) is 19.3. The third-order valence-electron chi connectivity index (χ3n) is 7.18. The van der Waals surface area contributed by atoms with Gasteiger partial charge in [0.05, 0.1) is 18.1 Å². The summed E-state index contributed by atoms with van der Waals surface area (Å²) in [5.41, 5.74) is 3.81. The molecule has 2 aromatic carbocycles. The number of carbonyl (C=O) groups is 1. The Morgan fingerprint density at radius 2 is 1.88 bits per heavy atom. The maximum atomic E-state index is 13.2. The molecule has 32 heavy (non-hydrogen) atoms. The van der Waals surface area contributed by atoms with Gasteiger partial charge < -0.3 is 20.5 Å². The Kier molecular flexibility index (Phi) is 7.17. The summed E-state index contributed by atoms with van der Waals surface area (Å²) < 4.78 is 6.14. The minimum atomic E-state index is -0.566. The fourth-order valence-corrected chi connectivity index (χ4v) is 5.20. The number of carbonyl (C=O) groups excluding carboxylic acids is 1. The molecule has 172 valence electrons. The number of ether oxygens (including phenoxy) is 1. The minimum Gasteiger partial charge on any atom is -0.493 e. The molecular weight excluding hydrogens is 400 g/mol. The molecule has 0 bridgehead atoms. The fraction of sp³-hybridized carbons (Fsp3) is 0.519. The van der Waals surface area contributed by atoms with Crippen LogP contribution in [0, 0.1) is 12.8 Å². The first-order chi connectivity index (χ1) is 15.5. The van der Waals surface area contributed by atoms with E-state index in [1.807, 2.05) is 25.2 Å². The van der Waals surface area contributed by atoms with E-state index in [2.05, 4.69) is 41.8 Å². The molecule has 1 heterocycles. The van der Waals surface area contributed by atoms with E-state index in [9.17, 15) is 9.90 Å². The Morgan fingerprint density at radius 3 is 2.59 bits per heavy atom. The number of fused-ring (bicyclic) bond motifs is 1. The van der Waals surface area contributed by atoms with Gasteiger partial charge >= 0.3 is 0 Å². The van der Waals surface area contributed by atoms with E-state index in [1.165, 1.54) is 11.1 Å². The number of nitrogens with one attached hydrogen (secondary N) is 2. The molecule has 0 saturated heterocycles. The summed E-state index contributed by atoms with van der Waals surface area (Å²) in [6, 6.07) is 14.5. The molecule has 2 atom stereocenters. The van der Waals surface area contributed by atoms with E-state index in [0.717, 1.165) is 61.9 Å². The van der Waals surface area contributed by atoms with Crippen LogP contribution in [0.4, 0.5) is 0 Å². The van der Waals surface area contributed by atoms with Gasteiger partial charge in [-0.3, -0.25) is 4.79 Å². The van der Waals surface area contributed by atoms with Gasteiger partial charge in [0.15, 0.2) is 0 Å². The van der Waals surface area contributed by atoms with E-state index in [4.69, 9.17) is 4.74 Å². The predicted molar refractivity (Wildman–Crippen MR) is 127 cm³/mol. The van der Waals surface area contributed by atoms with Gasteiger partial charge in [0, 0.05) is 18.0 Å². The van der Waals surface area contributed by atoms with E-state index < -0.39 is 11.5 Å². The Morgan fingerprint density at radius 1 is 1.12 bits per heavy atom. The van der Waals surface area contributed by atoms with Crippen molar-refractivity contribution in [3.63, 3.8) is 0 Å². The predicted octanol–water partition coefficient (Wildman–Crippen LogP) is 3.82. The third-order valence-corrected chi connectivity index (χ3v) is 7.18. The highest BCUT2D eigenvalue weighted by molar-refractivity contribution is 5.88. The normalized spacial score (nSPS) is 21.6. The Labute approximate surface area is 191 Å². The van der Waals surface area contributed by atoms with Gasteiger partial charge in [0.25, 0.3) is 0 Å². The van der Waals surface area contributed by atoms with Crippen molar-refractivity contribution in [2.45, 2.75) is 57.0 Å². The largest absolute Gasteiger partial charge is 0.493 e. The van der Waals surface area contributed by atoms with Gasteiger partial charge in [0.1, 0.15) is 5.75 Å². The van der Waals surface area contributed by atoms with Gasteiger partial charge in [-0.05, 0) is 63.4 Å². The van der Waals surface area contributed by atoms with Gasteiger partial charge in [-0.15, -0.1) is 0 Å². The van der Waals surface area contributed by atoms with Crippen LogP contribution in [-0.4, -0.2) is 37.8 Å². The Hall–Kier alpha value is -2.37. The molecule has 1 fully saturated rings. The number of rotatable bonds is 8. The van der Waals surface area contributed by atoms with Crippen molar-refractivity contribution in [2.75, 3.05) is 26.7 Å². The van der Waals surface area contributed by atoms with Crippen molar-refractivity contribution in [1.29, 1.82) is 0 Å². The highest BCUT2D eigenvalue weighted by atomic mass is 16.5. The average molecular weight is 437 g/mol. The van der Waals surface area contributed by atoms with E-state index in [1.54, 1.807) is 0 Å². The second kappa shape index (κ2) is 10.1. The molecule has 5 nitrogen and oxygen atoms in total. The molecule has 5 heteroatoms. The lowest BCUT2D eigenvalue weighted by atomic mass is 9.76. The summed E-state index contributed by atoms with van der Waals surface area (Å²) in [5, 5.41) is 17.3. The number of aliphatic hydroxyl groups is 1. The fourth-order valence-electron chi connectivity index (χ4n) is 5.20. The summed E-state index contributed by atoms with van der Waals surface area (Å²) in [5.74, 6) is 0.871. The number of aliphatic hydroxyl groups excluding tert-OH is 1. The molecule has 0 radical (unpaired) electrons. The van der Waals surface area contributed by atoms with Crippen LogP contribution in [0.2, 0.25) is 0 Å². The zero-order chi connectivity index (χ0) is 22.6. The average Bonchev–Trinajstić information content (AvgIpc) is 3.31. The highest BCUT2D eigenvalue weighted by Gasteiger charge is 2.43. The number of benzene rings is 2. The van der Waals surface area contributed by atoms with Crippen molar-refractivity contribution in [3.05, 3.63) is 64.7 Å². The maximum absolute atomic E-state index is 13.2. The number of amides is 1. The van der Waals surface area contributed by atoms with E-state index in [-0.39, 0.29) is 11.8 Å². The summed E-state index contributed by atoms with van der Waals surface area (Å²) in [4.78, 5) is 13.2. The lowest BCUT2D eigenvalue weighted by molar-refractivity contribution is -0.126. The van der Waals surface area contributed by atoms with Gasteiger partial charge in [0.2, 0.25) is 5.91 Å². The minimum absolute atomic E-state index is 0.0203. The standard InChI is InChI=1S/C27H36N2O3/c1-19-6-8-20(9-7-19)16-21-18-32-24-17-22(10-11-23(24)25(21)30)27(12-3-4-13-27)26(31)29-15-5-14-28-2/h6-11,17,21,25,28,30H,3-5,12-16,18H2,1-2H3,(H,29,31)/t21-,25+/m0/s1. The van der Waals surface area contributed by atoms with Crippen molar-refractivity contribution in [2.24, 2.45) is 5.92 Å². The van der Waals surface area contributed by atoms with Crippen LogP contribution in [0.5, 0.6) is 5.75 Å². The quantitative estimate of drug-likeness (QED) is 0.550. The van der Waals surface area contributed by atoms with Gasteiger partial charge in [-0.1, -0.05) is 54.8 Å². The van der Waals surface area contributed by atoms with E-state index >= 15 is 0 Å². The first-order valence-corrected chi connectivity index (χ1v) is 12.0. The van der Waals surface area contributed by atoms with Gasteiger partial charge in [-0.25, -0.2) is 0 Å². The van der Waals surface area contributed by atoms with E-state index in [0.29, 0.717) is 13.2 Å². The van der Waals surface area contributed by atoms with Crippen LogP contribution in [0.3, 0.4) is 0 Å². The molecule has 1 aliphatic heterocycles. The molecule has 2 aromatic rings. The Bertz CT molecular complexity index is 919. The summed E-state index contributed by atoms with van der Waals surface area (Å²) in [6.07, 6.45) is 4.97. The molecule has 0 unspecified atom stereocenters. The first kappa shape index (κ1) is 22.8. The second-order valence-corrected chi connectivity index (χ2v) is 9.46. The van der Waals surface area contributed by atoms with Crippen molar-refractivity contribution in [1.82, 2.24) is 10.6 Å². The smallest absolute Gasteiger partial charge is 0.230 e. The molecule has 2 aliphatic rings. The monoisotopic (exact) mass is 436 g/mol. The lowest BCUT2D eigenvalue weighted by Gasteiger charge is -2.33. The number of aryl methyl sites for hydroxylation is 1. The summed E-state index contributed by atoms with van der Waals surface area (Å²) in [7, 11) is 1.92. The molecule has 1 amide bonds. The van der Waals surface area contributed by atoms with Crippen molar-refractivity contribution < 1.29 is 14.6 Å². The number of hydrogen-bond acceptors (Lipinski definition) is 4. The van der Waals surface area contributed by atoms with Crippen LogP contribution in [0.15, 0.2) is 42.5 Å². The SMILES string of the molecule is CNCCCNC(=O)C1(c2ccc3c(c2)OC[C@H](Cc2ccc(C)cc2)[C@H]3O)CCCC1. The van der Waals surface area contributed by atoms with Crippen LogP contribution in [0.25, 0.3) is 0 Å². The van der Waals surface area contributed by atoms with Crippen LogP contribution < -0.4 is 15.4 Å². The van der Waals surface area contributed by atoms with Crippen LogP contribution >= 0.6 is 0 Å². The molecule has 0 spiro atoms. The first-order valence-electron chi connectivity index (χ1n) is 12.0. The van der Waals surface area contributed by atoms with Crippen LogP contribution in [0.1, 0.15) is 60.5 Å². The number of hydrogen-bond donors (Lipinski definition) is 3. The molecule has 3 N–H and O–H groups in total. The third kappa shape index (κ3) is 4.69. The molecule has 0 aromatic heterocycles. The summed E-state index contributed by atoms with van der Waals surface area (Å²) >= 11 is 0. The van der Waals surface area contributed by atoms with Crippen molar-refractivity contribution in [3.8, 4) is 5.75 Å². The highest BCUT2D eigenvalue weighted by Crippen LogP contribution is 2.45. The second-order valence-electron chi connectivity index (χ2n) is 9.46. The van der Waals surface area contributed by atoms with Crippen LogP contribution in [-0.2, 0) is 16.6 Å². The lowest BCUT2D eigenvalue weighted by Crippen LogP contribution is -2.43. The van der Waals surface area contributed by atoms with Crippen molar-refractivity contribution >= 4 is 5.91 Å². The molecule has 4 rings (SSSR count). The van der Waals surface area contributed by atoms with Gasteiger partial charge in [-0.2, -0.15) is 0 Å². The molecular formula is C27H36N2O3. The summed E-state index contributed by atoms with van der Waals surface area (Å²) in [6.45, 7) is 4.13. The molecule has 1 saturated carbocycles. The Balaban J connectivity index is 1.50. The topological polar surface area (TPSA) is 70.6 Å². The zero-order valence-electron chi connectivity index (χ0n) is 19.3. The molecule has 1 aliphatic carbocycles. The maximum Gasteiger partial charge on any atom is 0.230 e.